The molecule has 0 spiro atoms. The monoisotopic (exact) mass is 301 g/mol. The minimum Gasteiger partial charge on any atom is -0.481 e. The average Bonchev–Trinajstić information content (AvgIpc) is 2.36. The summed E-state index contributed by atoms with van der Waals surface area (Å²) in [5.74, 6) is -1.64. The van der Waals surface area contributed by atoms with Gasteiger partial charge in [0.1, 0.15) is 6.04 Å². The van der Waals surface area contributed by atoms with Crippen LogP contribution in [0.25, 0.3) is 0 Å². The van der Waals surface area contributed by atoms with Crippen LogP contribution < -0.4 is 11.1 Å². The van der Waals surface area contributed by atoms with Crippen LogP contribution in [-0.4, -0.2) is 59.8 Å². The minimum absolute atomic E-state index is 0.0574. The van der Waals surface area contributed by atoms with E-state index < -0.39 is 35.4 Å². The first-order valence-corrected chi connectivity index (χ1v) is 6.79. The van der Waals surface area contributed by atoms with Crippen molar-refractivity contribution >= 4 is 17.9 Å². The lowest BCUT2D eigenvalue weighted by atomic mass is 9.85. The number of carboxylic acid groups (broad SMARTS) is 1. The maximum absolute atomic E-state index is 12.3. The zero-order chi connectivity index (χ0) is 16.2. The van der Waals surface area contributed by atoms with Crippen LogP contribution in [-0.2, 0) is 14.3 Å². The molecule has 3 amide bonds. The molecule has 21 heavy (non-hydrogen) atoms. The zero-order valence-electron chi connectivity index (χ0n) is 12.6. The summed E-state index contributed by atoms with van der Waals surface area (Å²) in [6, 6.07) is -1.88. The van der Waals surface area contributed by atoms with E-state index in [-0.39, 0.29) is 19.6 Å². The first-order chi connectivity index (χ1) is 9.62. The van der Waals surface area contributed by atoms with Crippen LogP contribution >= 0.6 is 0 Å². The van der Waals surface area contributed by atoms with E-state index in [0.29, 0.717) is 6.61 Å². The minimum atomic E-state index is -0.997. The molecule has 2 unspecified atom stereocenters. The van der Waals surface area contributed by atoms with E-state index in [1.807, 2.05) is 20.8 Å². The quantitative estimate of drug-likeness (QED) is 0.662. The lowest BCUT2D eigenvalue weighted by molar-refractivity contribution is -0.138. The number of amides is 3. The van der Waals surface area contributed by atoms with Gasteiger partial charge in [0, 0.05) is 12.6 Å². The molecule has 1 saturated heterocycles. The topological polar surface area (TPSA) is 122 Å². The van der Waals surface area contributed by atoms with E-state index in [0.717, 1.165) is 0 Å². The zero-order valence-corrected chi connectivity index (χ0v) is 12.6. The number of nitrogens with zero attached hydrogens (tertiary/aromatic N) is 1. The summed E-state index contributed by atoms with van der Waals surface area (Å²) in [5.41, 5.74) is 4.83. The van der Waals surface area contributed by atoms with Gasteiger partial charge in [-0.25, -0.2) is 4.79 Å². The van der Waals surface area contributed by atoms with Gasteiger partial charge >= 0.3 is 12.0 Å². The van der Waals surface area contributed by atoms with Crippen molar-refractivity contribution in [2.75, 3.05) is 19.8 Å². The summed E-state index contributed by atoms with van der Waals surface area (Å²) in [6.07, 6.45) is -0.194. The van der Waals surface area contributed by atoms with E-state index >= 15 is 0 Å². The SMILES string of the molecule is CC(C)(C)C(CC(=O)O)NC(=O)N1CCOCC1C(N)=O. The summed E-state index contributed by atoms with van der Waals surface area (Å²) in [5, 5.41) is 11.6. The summed E-state index contributed by atoms with van der Waals surface area (Å²) in [4.78, 5) is 35.9. The number of carbonyl (C=O) groups excluding carboxylic acids is 2. The van der Waals surface area contributed by atoms with Gasteiger partial charge in [-0.05, 0) is 5.41 Å². The lowest BCUT2D eigenvalue weighted by Crippen LogP contribution is -2.59. The summed E-state index contributed by atoms with van der Waals surface area (Å²) < 4.78 is 5.14. The van der Waals surface area contributed by atoms with Gasteiger partial charge in [0.15, 0.2) is 0 Å². The van der Waals surface area contributed by atoms with Crippen molar-refractivity contribution in [2.24, 2.45) is 11.1 Å². The molecule has 120 valence electrons. The van der Waals surface area contributed by atoms with Crippen LogP contribution in [0.4, 0.5) is 4.79 Å². The Morgan fingerprint density at radius 3 is 2.52 bits per heavy atom. The largest absolute Gasteiger partial charge is 0.481 e. The maximum atomic E-state index is 12.3. The number of aliphatic carboxylic acids is 1. The van der Waals surface area contributed by atoms with E-state index in [1.54, 1.807) is 0 Å². The van der Waals surface area contributed by atoms with Gasteiger partial charge in [-0.3, -0.25) is 9.59 Å². The molecule has 4 N–H and O–H groups in total. The number of carbonyl (C=O) groups is 3. The maximum Gasteiger partial charge on any atom is 0.318 e. The van der Waals surface area contributed by atoms with Gasteiger partial charge in [0.05, 0.1) is 19.6 Å². The fraction of sp³-hybridized carbons (Fsp3) is 0.769. The molecule has 0 bridgehead atoms. The number of carboxylic acids is 1. The van der Waals surface area contributed by atoms with Crippen LogP contribution in [0.3, 0.4) is 0 Å². The Bertz CT molecular complexity index is 419. The number of nitrogens with two attached hydrogens (primary N) is 1. The van der Waals surface area contributed by atoms with Crippen molar-refractivity contribution < 1.29 is 24.2 Å². The number of rotatable bonds is 4. The standard InChI is InChI=1S/C13H23N3O5/c1-13(2,3)9(6-10(17)18)15-12(20)16-4-5-21-7-8(16)11(14)19/h8-9H,4-7H2,1-3H3,(H2,14,19)(H,15,20)(H,17,18). The summed E-state index contributed by atoms with van der Waals surface area (Å²) in [7, 11) is 0. The van der Waals surface area contributed by atoms with Gasteiger partial charge in [-0.2, -0.15) is 0 Å². The summed E-state index contributed by atoms with van der Waals surface area (Å²) in [6.45, 7) is 6.13. The molecule has 1 rings (SSSR count). The molecule has 1 fully saturated rings. The molecule has 0 saturated carbocycles. The third kappa shape index (κ3) is 4.89. The fourth-order valence-electron chi connectivity index (χ4n) is 2.06. The second kappa shape index (κ2) is 6.75. The molecule has 1 aliphatic rings. The Hall–Kier alpha value is -1.83. The molecule has 0 aromatic heterocycles. The number of primary amides is 1. The van der Waals surface area contributed by atoms with Crippen LogP contribution in [0.15, 0.2) is 0 Å². The molecule has 1 heterocycles. The molecule has 0 aromatic rings. The van der Waals surface area contributed by atoms with Crippen LogP contribution in [0.2, 0.25) is 0 Å². The number of hydrogen-bond acceptors (Lipinski definition) is 4. The van der Waals surface area contributed by atoms with Crippen LogP contribution in [0, 0.1) is 5.41 Å². The van der Waals surface area contributed by atoms with Gasteiger partial charge in [0.2, 0.25) is 5.91 Å². The van der Waals surface area contributed by atoms with Gasteiger partial charge in [-0.15, -0.1) is 0 Å². The molecular formula is C13H23N3O5. The van der Waals surface area contributed by atoms with Crippen molar-refractivity contribution in [3.8, 4) is 0 Å². The third-order valence-corrected chi connectivity index (χ3v) is 3.44. The molecular weight excluding hydrogens is 278 g/mol. The Balaban J connectivity index is 2.80. The smallest absolute Gasteiger partial charge is 0.318 e. The molecule has 8 heteroatoms. The van der Waals surface area contributed by atoms with Crippen molar-refractivity contribution in [3.63, 3.8) is 0 Å². The highest BCUT2D eigenvalue weighted by molar-refractivity contribution is 5.86. The number of hydrogen-bond donors (Lipinski definition) is 3. The predicted molar refractivity (Wildman–Crippen MR) is 74.5 cm³/mol. The van der Waals surface area contributed by atoms with Crippen molar-refractivity contribution in [2.45, 2.75) is 39.3 Å². The van der Waals surface area contributed by atoms with Crippen LogP contribution in [0.5, 0.6) is 0 Å². The Morgan fingerprint density at radius 1 is 1.43 bits per heavy atom. The van der Waals surface area contributed by atoms with Crippen molar-refractivity contribution in [1.29, 1.82) is 0 Å². The number of nitrogens with one attached hydrogen (secondary N) is 1. The van der Waals surface area contributed by atoms with E-state index in [9.17, 15) is 14.4 Å². The molecule has 1 aliphatic heterocycles. The van der Waals surface area contributed by atoms with Gasteiger partial charge < -0.3 is 25.8 Å². The van der Waals surface area contributed by atoms with E-state index in [2.05, 4.69) is 5.32 Å². The Kier molecular flexibility index (Phi) is 5.54. The molecule has 0 aliphatic carbocycles. The van der Waals surface area contributed by atoms with Crippen molar-refractivity contribution in [3.05, 3.63) is 0 Å². The highest BCUT2D eigenvalue weighted by Crippen LogP contribution is 2.22. The molecule has 0 radical (unpaired) electrons. The highest BCUT2D eigenvalue weighted by Gasteiger charge is 2.35. The molecule has 2 atom stereocenters. The molecule has 8 nitrogen and oxygen atoms in total. The highest BCUT2D eigenvalue weighted by atomic mass is 16.5. The van der Waals surface area contributed by atoms with Crippen LogP contribution in [0.1, 0.15) is 27.2 Å². The Morgan fingerprint density at radius 2 is 2.05 bits per heavy atom. The second-order valence-electron chi connectivity index (χ2n) is 6.15. The van der Waals surface area contributed by atoms with Gasteiger partial charge in [0.25, 0.3) is 0 Å². The predicted octanol–water partition coefficient (Wildman–Crippen LogP) is -0.228. The molecule has 0 aromatic carbocycles. The number of urea groups is 1. The Labute approximate surface area is 123 Å². The van der Waals surface area contributed by atoms with E-state index in [1.165, 1.54) is 4.90 Å². The third-order valence-electron chi connectivity index (χ3n) is 3.44. The summed E-state index contributed by atoms with van der Waals surface area (Å²) >= 11 is 0. The first-order valence-electron chi connectivity index (χ1n) is 6.79. The van der Waals surface area contributed by atoms with E-state index in [4.69, 9.17) is 15.6 Å². The van der Waals surface area contributed by atoms with Crippen molar-refractivity contribution in [1.82, 2.24) is 10.2 Å². The lowest BCUT2D eigenvalue weighted by Gasteiger charge is -2.37. The number of ether oxygens (including phenoxy) is 1. The average molecular weight is 301 g/mol. The normalized spacial score (nSPS) is 20.7. The second-order valence-corrected chi connectivity index (χ2v) is 6.15. The first kappa shape index (κ1) is 17.2. The number of morpholine rings is 1. The fourth-order valence-corrected chi connectivity index (χ4v) is 2.06. The van der Waals surface area contributed by atoms with Gasteiger partial charge in [-0.1, -0.05) is 20.8 Å².